The lowest BCUT2D eigenvalue weighted by Crippen LogP contribution is -2.28. The van der Waals surface area contributed by atoms with E-state index in [9.17, 15) is 18.0 Å². The lowest BCUT2D eigenvalue weighted by atomic mass is 10.1. The first kappa shape index (κ1) is 18.1. The van der Waals surface area contributed by atoms with Gasteiger partial charge in [0, 0.05) is 19.3 Å². The van der Waals surface area contributed by atoms with Gasteiger partial charge in [-0.1, -0.05) is 23.9 Å². The molecular formula is C17H17F3N4O2. The molecule has 3 rings (SSSR count). The van der Waals surface area contributed by atoms with Crippen molar-refractivity contribution >= 4 is 5.91 Å². The van der Waals surface area contributed by atoms with E-state index in [0.29, 0.717) is 18.7 Å². The highest BCUT2D eigenvalue weighted by atomic mass is 19.4. The van der Waals surface area contributed by atoms with Gasteiger partial charge in [0.25, 0.3) is 0 Å². The summed E-state index contributed by atoms with van der Waals surface area (Å²) < 4.78 is 45.4. The molecule has 1 aromatic carbocycles. The van der Waals surface area contributed by atoms with Gasteiger partial charge >= 0.3 is 6.18 Å². The molecule has 0 aliphatic carbocycles. The second-order valence-corrected chi connectivity index (χ2v) is 5.94. The number of rotatable bonds is 5. The lowest BCUT2D eigenvalue weighted by Gasteiger charge is -2.18. The molecule has 1 aliphatic rings. The van der Waals surface area contributed by atoms with Gasteiger partial charge in [-0.25, -0.2) is 4.68 Å². The van der Waals surface area contributed by atoms with E-state index < -0.39 is 11.7 Å². The lowest BCUT2D eigenvalue weighted by molar-refractivity contribution is -0.137. The zero-order chi connectivity index (χ0) is 18.7. The summed E-state index contributed by atoms with van der Waals surface area (Å²) in [5.41, 5.74) is -0.0887. The van der Waals surface area contributed by atoms with E-state index >= 15 is 0 Å². The van der Waals surface area contributed by atoms with E-state index in [0.717, 1.165) is 12.1 Å². The maximum absolute atomic E-state index is 12.6. The molecule has 0 saturated carbocycles. The van der Waals surface area contributed by atoms with Crippen molar-refractivity contribution in [1.29, 1.82) is 0 Å². The molecule has 26 heavy (non-hydrogen) atoms. The molecule has 138 valence electrons. The summed E-state index contributed by atoms with van der Waals surface area (Å²) in [4.78, 5) is 13.5. The minimum Gasteiger partial charge on any atom is -0.369 e. The van der Waals surface area contributed by atoms with Crippen LogP contribution in [0, 0.1) is 0 Å². The van der Waals surface area contributed by atoms with Crippen molar-refractivity contribution in [2.45, 2.75) is 24.9 Å². The van der Waals surface area contributed by atoms with Gasteiger partial charge in [0.1, 0.15) is 0 Å². The van der Waals surface area contributed by atoms with Gasteiger partial charge in [0.15, 0.2) is 0 Å². The Kier molecular flexibility index (Phi) is 5.08. The summed E-state index contributed by atoms with van der Waals surface area (Å²) in [5, 5.41) is 7.73. The third-order valence-electron chi connectivity index (χ3n) is 4.25. The monoisotopic (exact) mass is 366 g/mol. The Balaban J connectivity index is 1.68. The molecule has 2 aromatic rings. The molecule has 2 heterocycles. The number of alkyl halides is 3. The minimum absolute atomic E-state index is 0.129. The number of halogens is 3. The average Bonchev–Trinajstić information content (AvgIpc) is 3.28. The third kappa shape index (κ3) is 3.93. The summed E-state index contributed by atoms with van der Waals surface area (Å²) in [6.45, 7) is 4.35. The van der Waals surface area contributed by atoms with Gasteiger partial charge in [0.2, 0.25) is 5.91 Å². The van der Waals surface area contributed by atoms with Crippen LogP contribution >= 0.6 is 0 Å². The Morgan fingerprint density at radius 2 is 2.04 bits per heavy atom. The Hall–Kier alpha value is -2.68. The van der Waals surface area contributed by atoms with Gasteiger partial charge in [-0.3, -0.25) is 4.79 Å². The van der Waals surface area contributed by atoms with Crippen LogP contribution in [0.15, 0.2) is 49.3 Å². The van der Waals surface area contributed by atoms with Crippen LogP contribution < -0.4 is 0 Å². The number of ether oxygens (including phenoxy) is 1. The Morgan fingerprint density at radius 1 is 1.31 bits per heavy atom. The van der Waals surface area contributed by atoms with Crippen LogP contribution in [0.4, 0.5) is 13.2 Å². The number of nitrogens with zero attached hydrogens (tertiary/aromatic N) is 4. The first-order valence-electron chi connectivity index (χ1n) is 7.93. The zero-order valence-electron chi connectivity index (χ0n) is 13.8. The highest BCUT2D eigenvalue weighted by Gasteiger charge is 2.37. The quantitative estimate of drug-likeness (QED) is 0.763. The number of carbonyl (C=O) groups excluding carboxylic acids is 1. The second-order valence-electron chi connectivity index (χ2n) is 5.94. The molecule has 1 saturated heterocycles. The summed E-state index contributed by atoms with van der Waals surface area (Å²) in [5.74, 6) is -0.212. The summed E-state index contributed by atoms with van der Waals surface area (Å²) in [6, 6.07) is 4.59. The fraction of sp³-hybridized carbons (Fsp3) is 0.353. The van der Waals surface area contributed by atoms with Crippen molar-refractivity contribution in [3.63, 3.8) is 0 Å². The van der Waals surface area contributed by atoms with E-state index in [4.69, 9.17) is 4.74 Å². The molecule has 0 N–H and O–H groups in total. The number of aromatic nitrogens is 3. The first-order valence-corrected chi connectivity index (χ1v) is 7.93. The fourth-order valence-electron chi connectivity index (χ4n) is 2.87. The maximum atomic E-state index is 12.6. The smallest absolute Gasteiger partial charge is 0.369 e. The Labute approximate surface area is 147 Å². The third-order valence-corrected chi connectivity index (χ3v) is 4.25. The standard InChI is InChI=1S/C17H17F3N4O2/c1-2-16(25)23-9-14(24-8-7-21-22-24)15(10-23)26-11-12-3-5-13(6-4-12)17(18,19)20/h2-8,14-15H,1,9-11H2/t14-,15-/m1/s1. The molecular weight excluding hydrogens is 349 g/mol. The van der Waals surface area contributed by atoms with Crippen molar-refractivity contribution in [2.24, 2.45) is 0 Å². The van der Waals surface area contributed by atoms with Crippen molar-refractivity contribution < 1.29 is 22.7 Å². The maximum Gasteiger partial charge on any atom is 0.416 e. The number of hydrogen-bond acceptors (Lipinski definition) is 4. The Bertz CT molecular complexity index is 759. The number of amides is 1. The van der Waals surface area contributed by atoms with E-state index in [-0.39, 0.29) is 24.7 Å². The van der Waals surface area contributed by atoms with Gasteiger partial charge in [-0.2, -0.15) is 13.2 Å². The fourth-order valence-corrected chi connectivity index (χ4v) is 2.87. The number of hydrogen-bond donors (Lipinski definition) is 0. The van der Waals surface area contributed by atoms with Crippen LogP contribution in [0.3, 0.4) is 0 Å². The molecule has 1 fully saturated rings. The van der Waals surface area contributed by atoms with Crippen molar-refractivity contribution in [3.05, 3.63) is 60.4 Å². The molecule has 0 bridgehead atoms. The molecule has 0 radical (unpaired) electrons. The first-order chi connectivity index (χ1) is 12.4. The van der Waals surface area contributed by atoms with E-state index in [1.54, 1.807) is 15.8 Å². The van der Waals surface area contributed by atoms with E-state index in [2.05, 4.69) is 16.9 Å². The van der Waals surface area contributed by atoms with Gasteiger partial charge in [-0.15, -0.1) is 5.10 Å². The molecule has 9 heteroatoms. The largest absolute Gasteiger partial charge is 0.416 e. The minimum atomic E-state index is -4.37. The summed E-state index contributed by atoms with van der Waals surface area (Å²) in [7, 11) is 0. The molecule has 1 aromatic heterocycles. The van der Waals surface area contributed by atoms with Crippen LogP contribution in [-0.2, 0) is 22.3 Å². The van der Waals surface area contributed by atoms with E-state index in [1.165, 1.54) is 24.4 Å². The average molecular weight is 366 g/mol. The predicted molar refractivity (Wildman–Crippen MR) is 85.9 cm³/mol. The van der Waals surface area contributed by atoms with Crippen molar-refractivity contribution in [1.82, 2.24) is 19.9 Å². The zero-order valence-corrected chi connectivity index (χ0v) is 13.8. The Morgan fingerprint density at radius 3 is 2.62 bits per heavy atom. The molecule has 0 spiro atoms. The van der Waals surface area contributed by atoms with Gasteiger partial charge in [-0.05, 0) is 23.8 Å². The summed E-state index contributed by atoms with van der Waals surface area (Å²) in [6.07, 6.45) is -0.278. The van der Waals surface area contributed by atoms with Crippen molar-refractivity contribution in [3.8, 4) is 0 Å². The van der Waals surface area contributed by atoms with Crippen LogP contribution in [0.1, 0.15) is 17.2 Å². The number of benzene rings is 1. The predicted octanol–water partition coefficient (Wildman–Crippen LogP) is 2.45. The highest BCUT2D eigenvalue weighted by Crippen LogP contribution is 2.30. The van der Waals surface area contributed by atoms with Crippen LogP contribution in [-0.4, -0.2) is 45.0 Å². The number of carbonyl (C=O) groups is 1. The molecule has 6 nitrogen and oxygen atoms in total. The second kappa shape index (κ2) is 7.28. The van der Waals surface area contributed by atoms with Gasteiger partial charge in [0.05, 0.1) is 30.5 Å². The molecule has 1 amide bonds. The van der Waals surface area contributed by atoms with Gasteiger partial charge < -0.3 is 9.64 Å². The highest BCUT2D eigenvalue weighted by molar-refractivity contribution is 5.87. The van der Waals surface area contributed by atoms with Crippen LogP contribution in [0.2, 0.25) is 0 Å². The van der Waals surface area contributed by atoms with Crippen molar-refractivity contribution in [2.75, 3.05) is 13.1 Å². The SMILES string of the molecule is C=CC(=O)N1C[C@@H](n2ccnn2)[C@H](OCc2ccc(C(F)(F)F)cc2)C1. The molecule has 1 aliphatic heterocycles. The molecule has 2 atom stereocenters. The van der Waals surface area contributed by atoms with Crippen LogP contribution in [0.25, 0.3) is 0 Å². The number of likely N-dealkylation sites (tertiary alicyclic amines) is 1. The normalized spacial score (nSPS) is 20.3. The topological polar surface area (TPSA) is 60.2 Å². The summed E-state index contributed by atoms with van der Waals surface area (Å²) >= 11 is 0. The van der Waals surface area contributed by atoms with E-state index in [1.807, 2.05) is 0 Å². The van der Waals surface area contributed by atoms with Crippen LogP contribution in [0.5, 0.6) is 0 Å². The molecule has 0 unspecified atom stereocenters.